The molecule has 0 saturated carbocycles. The van der Waals surface area contributed by atoms with Crippen molar-refractivity contribution >= 4 is 22.7 Å². The van der Waals surface area contributed by atoms with Gasteiger partial charge in [0.2, 0.25) is 5.91 Å². The van der Waals surface area contributed by atoms with E-state index in [0.29, 0.717) is 18.8 Å². The number of hydrogen-bond acceptors (Lipinski definition) is 4. The smallest absolute Gasteiger partial charge is 0.267 e. The lowest BCUT2D eigenvalue weighted by molar-refractivity contribution is -0.132. The largest absolute Gasteiger partial charge is 0.350 e. The minimum Gasteiger partial charge on any atom is -0.350 e. The van der Waals surface area contributed by atoms with Gasteiger partial charge in [-0.25, -0.2) is 0 Å². The maximum absolute atomic E-state index is 12.4. The van der Waals surface area contributed by atoms with Crippen LogP contribution >= 0.6 is 0 Å². The van der Waals surface area contributed by atoms with E-state index >= 15 is 0 Å². The predicted molar refractivity (Wildman–Crippen MR) is 91.7 cm³/mol. The highest BCUT2D eigenvalue weighted by molar-refractivity contribution is 5.97. The van der Waals surface area contributed by atoms with Crippen molar-refractivity contribution in [3.05, 3.63) is 30.2 Å². The molecule has 1 aliphatic rings. The van der Waals surface area contributed by atoms with Gasteiger partial charge in [-0.2, -0.15) is 0 Å². The predicted octanol–water partition coefficient (Wildman–Crippen LogP) is 0.845. The molecule has 3 heterocycles. The molecule has 0 radical (unpaired) electrons. The second-order valence-electron chi connectivity index (χ2n) is 6.48. The zero-order valence-electron chi connectivity index (χ0n) is 14.1. The van der Waals surface area contributed by atoms with Crippen molar-refractivity contribution < 1.29 is 9.59 Å². The third-order valence-electron chi connectivity index (χ3n) is 4.31. The van der Waals surface area contributed by atoms with Crippen LogP contribution in [0, 0.1) is 0 Å². The first-order valence-electron chi connectivity index (χ1n) is 8.19. The number of H-pyrrole nitrogens is 1. The van der Waals surface area contributed by atoms with E-state index in [1.54, 1.807) is 18.5 Å². The number of rotatable bonds is 5. The number of nitrogens with one attached hydrogen (secondary N) is 2. The summed E-state index contributed by atoms with van der Waals surface area (Å²) in [7, 11) is 3.77. The van der Waals surface area contributed by atoms with Crippen LogP contribution in [-0.4, -0.2) is 71.4 Å². The minimum atomic E-state index is -0.155. The number of amides is 2. The summed E-state index contributed by atoms with van der Waals surface area (Å²) in [5.74, 6) is -0.0356. The lowest BCUT2D eigenvalue weighted by atomic mass is 10.2. The highest BCUT2D eigenvalue weighted by atomic mass is 16.2. The van der Waals surface area contributed by atoms with Crippen LogP contribution in [0.2, 0.25) is 0 Å². The second kappa shape index (κ2) is 7.00. The molecule has 1 unspecified atom stereocenters. The summed E-state index contributed by atoms with van der Waals surface area (Å²) in [5.41, 5.74) is 1.40. The van der Waals surface area contributed by atoms with Crippen LogP contribution in [0.1, 0.15) is 23.3 Å². The number of aromatic nitrogens is 2. The fraction of sp³-hybridized carbons (Fsp3) is 0.471. The first-order valence-corrected chi connectivity index (χ1v) is 8.19. The summed E-state index contributed by atoms with van der Waals surface area (Å²) < 4.78 is 0. The van der Waals surface area contributed by atoms with Crippen LogP contribution in [0.4, 0.5) is 0 Å². The molecule has 1 atom stereocenters. The molecule has 128 valence electrons. The summed E-state index contributed by atoms with van der Waals surface area (Å²) in [6, 6.07) is 3.71. The molecular weight excluding hydrogens is 306 g/mol. The molecular formula is C17H23N5O2. The number of carbonyl (C=O) groups is 2. The number of pyridine rings is 1. The van der Waals surface area contributed by atoms with Crippen molar-refractivity contribution in [2.45, 2.75) is 18.9 Å². The Hall–Kier alpha value is -2.41. The molecule has 24 heavy (non-hydrogen) atoms. The van der Waals surface area contributed by atoms with E-state index in [0.717, 1.165) is 30.3 Å². The van der Waals surface area contributed by atoms with E-state index in [4.69, 9.17) is 0 Å². The molecule has 2 N–H and O–H groups in total. The third-order valence-corrected chi connectivity index (χ3v) is 4.31. The summed E-state index contributed by atoms with van der Waals surface area (Å²) in [6.07, 6.45) is 5.32. The summed E-state index contributed by atoms with van der Waals surface area (Å²) in [6.45, 7) is 1.65. The van der Waals surface area contributed by atoms with Gasteiger partial charge in [0.15, 0.2) is 0 Å². The van der Waals surface area contributed by atoms with Crippen molar-refractivity contribution in [2.24, 2.45) is 0 Å². The molecule has 0 aliphatic carbocycles. The maximum atomic E-state index is 12.4. The number of likely N-dealkylation sites (tertiary alicyclic amines) is 1. The van der Waals surface area contributed by atoms with Gasteiger partial charge in [-0.3, -0.25) is 14.6 Å². The molecule has 0 aromatic carbocycles. The number of nitrogens with zero attached hydrogens (tertiary/aromatic N) is 3. The number of aromatic amines is 1. The third kappa shape index (κ3) is 3.56. The van der Waals surface area contributed by atoms with E-state index < -0.39 is 0 Å². The molecule has 3 rings (SSSR count). The zero-order chi connectivity index (χ0) is 17.1. The van der Waals surface area contributed by atoms with Crippen LogP contribution in [0.25, 0.3) is 10.9 Å². The minimum absolute atomic E-state index is 0.0763. The van der Waals surface area contributed by atoms with Crippen molar-refractivity contribution in [3.8, 4) is 0 Å². The Morgan fingerprint density at radius 1 is 1.46 bits per heavy atom. The van der Waals surface area contributed by atoms with Crippen LogP contribution < -0.4 is 5.32 Å². The molecule has 1 fully saturated rings. The van der Waals surface area contributed by atoms with E-state index in [9.17, 15) is 9.59 Å². The average molecular weight is 329 g/mol. The molecule has 7 heteroatoms. The summed E-state index contributed by atoms with van der Waals surface area (Å²) >= 11 is 0. The highest BCUT2D eigenvalue weighted by Crippen LogP contribution is 2.17. The second-order valence-corrected chi connectivity index (χ2v) is 6.48. The molecule has 2 aromatic heterocycles. The normalized spacial score (nSPS) is 17.6. The Kier molecular flexibility index (Phi) is 4.80. The van der Waals surface area contributed by atoms with Crippen LogP contribution in [0.15, 0.2) is 24.5 Å². The number of carbonyl (C=O) groups excluding carboxylic acids is 2. The standard InChI is InChI=1S/C17H23N5O2/c1-21(2)11-16(23)22-7-3-4-13(22)10-19-17(24)15-8-12-9-18-6-5-14(12)20-15/h5-6,8-9,13,20H,3-4,7,10-11H2,1-2H3,(H,19,24). The monoisotopic (exact) mass is 329 g/mol. The van der Waals surface area contributed by atoms with Crippen LogP contribution in [0.5, 0.6) is 0 Å². The molecule has 2 aromatic rings. The molecule has 7 nitrogen and oxygen atoms in total. The van der Waals surface area contributed by atoms with Gasteiger partial charge in [0.1, 0.15) is 5.69 Å². The first kappa shape index (κ1) is 16.4. The summed E-state index contributed by atoms with van der Waals surface area (Å²) in [5, 5.41) is 3.85. The number of likely N-dealkylation sites (N-methyl/N-ethyl adjacent to an activating group) is 1. The summed E-state index contributed by atoms with van der Waals surface area (Å²) in [4.78, 5) is 35.5. The Morgan fingerprint density at radius 2 is 2.29 bits per heavy atom. The van der Waals surface area contributed by atoms with Gasteiger partial charge < -0.3 is 20.1 Å². The van der Waals surface area contributed by atoms with Crippen molar-refractivity contribution in [3.63, 3.8) is 0 Å². The first-order chi connectivity index (χ1) is 11.5. The topological polar surface area (TPSA) is 81.3 Å². The quantitative estimate of drug-likeness (QED) is 0.852. The molecule has 1 saturated heterocycles. The van der Waals surface area contributed by atoms with Crippen LogP contribution in [0.3, 0.4) is 0 Å². The van der Waals surface area contributed by atoms with E-state index in [-0.39, 0.29) is 17.9 Å². The van der Waals surface area contributed by atoms with Gasteiger partial charge in [0.25, 0.3) is 5.91 Å². The fourth-order valence-corrected chi connectivity index (χ4v) is 3.14. The van der Waals surface area contributed by atoms with Crippen molar-refractivity contribution in [1.82, 2.24) is 25.1 Å². The fourth-order valence-electron chi connectivity index (χ4n) is 3.14. The molecule has 0 bridgehead atoms. The Labute approximate surface area is 141 Å². The van der Waals surface area contributed by atoms with Gasteiger partial charge in [-0.05, 0) is 39.1 Å². The van der Waals surface area contributed by atoms with Gasteiger partial charge in [-0.1, -0.05) is 0 Å². The number of hydrogen-bond donors (Lipinski definition) is 2. The molecule has 1 aliphatic heterocycles. The van der Waals surface area contributed by atoms with Gasteiger partial charge in [0.05, 0.1) is 6.54 Å². The highest BCUT2D eigenvalue weighted by Gasteiger charge is 2.29. The average Bonchev–Trinajstić information content (AvgIpc) is 3.18. The Bertz CT molecular complexity index is 706. The van der Waals surface area contributed by atoms with E-state index in [2.05, 4.69) is 15.3 Å². The van der Waals surface area contributed by atoms with E-state index in [1.165, 1.54) is 0 Å². The Balaban J connectivity index is 1.60. The Morgan fingerprint density at radius 3 is 3.04 bits per heavy atom. The van der Waals surface area contributed by atoms with E-state index in [1.807, 2.05) is 30.0 Å². The van der Waals surface area contributed by atoms with Gasteiger partial charge >= 0.3 is 0 Å². The number of fused-ring (bicyclic) bond motifs is 1. The van der Waals surface area contributed by atoms with Gasteiger partial charge in [0, 0.05) is 42.4 Å². The van der Waals surface area contributed by atoms with Crippen molar-refractivity contribution in [2.75, 3.05) is 33.7 Å². The van der Waals surface area contributed by atoms with Gasteiger partial charge in [-0.15, -0.1) is 0 Å². The lowest BCUT2D eigenvalue weighted by Crippen LogP contribution is -2.46. The SMILES string of the molecule is CN(C)CC(=O)N1CCCC1CNC(=O)c1cc2cnccc2[nH]1. The lowest BCUT2D eigenvalue weighted by Gasteiger charge is -2.26. The van der Waals surface area contributed by atoms with Crippen LogP contribution in [-0.2, 0) is 4.79 Å². The maximum Gasteiger partial charge on any atom is 0.267 e. The molecule has 2 amide bonds. The van der Waals surface area contributed by atoms with Crippen molar-refractivity contribution in [1.29, 1.82) is 0 Å². The zero-order valence-corrected chi connectivity index (χ0v) is 14.1. The molecule has 0 spiro atoms.